The predicted octanol–water partition coefficient (Wildman–Crippen LogP) is 1.96. The van der Waals surface area contributed by atoms with Crippen molar-refractivity contribution in [2.45, 2.75) is 13.3 Å². The molecule has 7 nitrogen and oxygen atoms in total. The lowest BCUT2D eigenvalue weighted by Gasteiger charge is -2.00. The van der Waals surface area contributed by atoms with Crippen molar-refractivity contribution < 1.29 is 9.21 Å². The predicted molar refractivity (Wildman–Crippen MR) is 80.0 cm³/mol. The number of benzene rings is 1. The molecule has 22 heavy (non-hydrogen) atoms. The third-order valence-electron chi connectivity index (χ3n) is 3.21. The van der Waals surface area contributed by atoms with E-state index in [9.17, 15) is 4.79 Å². The Morgan fingerprint density at radius 1 is 1.27 bits per heavy atom. The van der Waals surface area contributed by atoms with Crippen molar-refractivity contribution >= 4 is 11.9 Å². The molecule has 0 saturated carbocycles. The molecule has 7 heteroatoms. The maximum Gasteiger partial charge on any atom is 0.322 e. The van der Waals surface area contributed by atoms with Gasteiger partial charge < -0.3 is 4.42 Å². The van der Waals surface area contributed by atoms with Gasteiger partial charge in [0.25, 0.3) is 5.89 Å². The van der Waals surface area contributed by atoms with Gasteiger partial charge in [0.05, 0.1) is 6.42 Å². The summed E-state index contributed by atoms with van der Waals surface area (Å²) in [5.41, 5.74) is 2.47. The second-order valence-corrected chi connectivity index (χ2v) is 4.92. The molecule has 3 aromatic rings. The van der Waals surface area contributed by atoms with E-state index >= 15 is 0 Å². The SMILES string of the molecule is Cc1cc(-c2nnc(NC(=O)Cc3ccccc3)o2)nn1C. The summed E-state index contributed by atoms with van der Waals surface area (Å²) in [5, 5.41) is 14.5. The van der Waals surface area contributed by atoms with Gasteiger partial charge in [-0.05, 0) is 18.6 Å². The summed E-state index contributed by atoms with van der Waals surface area (Å²) in [6.45, 7) is 1.93. The standard InChI is InChI=1S/C15H15N5O2/c1-10-8-12(19-20(10)2)14-17-18-15(22-14)16-13(21)9-11-6-4-3-5-7-11/h3-8H,9H2,1-2H3,(H,16,18,21). The van der Waals surface area contributed by atoms with Gasteiger partial charge in [0.2, 0.25) is 5.91 Å². The van der Waals surface area contributed by atoms with Gasteiger partial charge in [-0.25, -0.2) is 0 Å². The molecule has 112 valence electrons. The molecule has 1 N–H and O–H groups in total. The number of hydrogen-bond acceptors (Lipinski definition) is 5. The maximum absolute atomic E-state index is 11.9. The Labute approximate surface area is 127 Å². The molecule has 0 bridgehead atoms. The van der Waals surface area contributed by atoms with Crippen LogP contribution in [0.2, 0.25) is 0 Å². The van der Waals surface area contributed by atoms with Crippen molar-refractivity contribution in [2.24, 2.45) is 7.05 Å². The normalized spacial score (nSPS) is 10.6. The molecule has 1 aromatic carbocycles. The number of carbonyl (C=O) groups excluding carboxylic acids is 1. The first-order valence-corrected chi connectivity index (χ1v) is 6.80. The molecule has 0 unspecified atom stereocenters. The van der Waals surface area contributed by atoms with E-state index in [1.54, 1.807) is 4.68 Å². The highest BCUT2D eigenvalue weighted by atomic mass is 16.4. The van der Waals surface area contributed by atoms with Crippen LogP contribution in [0.25, 0.3) is 11.6 Å². The van der Waals surface area contributed by atoms with Gasteiger partial charge in [-0.1, -0.05) is 35.4 Å². The summed E-state index contributed by atoms with van der Waals surface area (Å²) in [5.74, 6) is 0.0670. The van der Waals surface area contributed by atoms with Gasteiger partial charge >= 0.3 is 6.01 Å². The van der Waals surface area contributed by atoms with Crippen molar-refractivity contribution in [2.75, 3.05) is 5.32 Å². The number of amides is 1. The van der Waals surface area contributed by atoms with Crippen LogP contribution in [-0.4, -0.2) is 25.9 Å². The maximum atomic E-state index is 11.9. The fraction of sp³-hybridized carbons (Fsp3) is 0.200. The monoisotopic (exact) mass is 297 g/mol. The van der Waals surface area contributed by atoms with Gasteiger partial charge in [-0.2, -0.15) is 5.10 Å². The molecule has 0 saturated heterocycles. The van der Waals surface area contributed by atoms with E-state index in [4.69, 9.17) is 4.42 Å². The smallest absolute Gasteiger partial charge is 0.322 e. The molecule has 3 rings (SSSR count). The molecule has 0 aliphatic heterocycles. The third-order valence-corrected chi connectivity index (χ3v) is 3.21. The fourth-order valence-corrected chi connectivity index (χ4v) is 1.99. The molecule has 0 spiro atoms. The first-order chi connectivity index (χ1) is 10.6. The number of carbonyl (C=O) groups is 1. The zero-order valence-corrected chi connectivity index (χ0v) is 12.3. The molecule has 2 aromatic heterocycles. The van der Waals surface area contributed by atoms with Crippen molar-refractivity contribution in [1.29, 1.82) is 0 Å². The summed E-state index contributed by atoms with van der Waals surface area (Å²) in [6, 6.07) is 11.3. The minimum absolute atomic E-state index is 0.0687. The van der Waals surface area contributed by atoms with E-state index in [2.05, 4.69) is 20.6 Å². The van der Waals surface area contributed by atoms with Crippen LogP contribution in [0.4, 0.5) is 6.01 Å². The molecular formula is C15H15N5O2. The lowest BCUT2D eigenvalue weighted by Crippen LogP contribution is -2.14. The van der Waals surface area contributed by atoms with Crippen LogP contribution in [0.15, 0.2) is 40.8 Å². The largest absolute Gasteiger partial charge is 0.401 e. The highest BCUT2D eigenvalue weighted by molar-refractivity contribution is 5.90. The van der Waals surface area contributed by atoms with Crippen LogP contribution in [0, 0.1) is 6.92 Å². The van der Waals surface area contributed by atoms with E-state index in [0.29, 0.717) is 5.69 Å². The number of anilines is 1. The van der Waals surface area contributed by atoms with Gasteiger partial charge in [0, 0.05) is 12.7 Å². The van der Waals surface area contributed by atoms with Crippen LogP contribution in [-0.2, 0) is 18.3 Å². The van der Waals surface area contributed by atoms with Gasteiger partial charge in [-0.15, -0.1) is 5.10 Å². The molecule has 0 fully saturated rings. The minimum atomic E-state index is -0.210. The second-order valence-electron chi connectivity index (χ2n) is 4.92. The third kappa shape index (κ3) is 3.03. The minimum Gasteiger partial charge on any atom is -0.401 e. The van der Waals surface area contributed by atoms with Gasteiger partial charge in [0.15, 0.2) is 0 Å². The Balaban J connectivity index is 1.68. The van der Waals surface area contributed by atoms with E-state index in [-0.39, 0.29) is 24.2 Å². The number of aryl methyl sites for hydroxylation is 2. The Bertz CT molecular complexity index is 772. The number of rotatable bonds is 4. The summed E-state index contributed by atoms with van der Waals surface area (Å²) in [7, 11) is 1.83. The van der Waals surface area contributed by atoms with Crippen LogP contribution in [0.5, 0.6) is 0 Å². The highest BCUT2D eigenvalue weighted by Gasteiger charge is 2.14. The summed E-state index contributed by atoms with van der Waals surface area (Å²) in [6.07, 6.45) is 0.251. The second kappa shape index (κ2) is 5.80. The summed E-state index contributed by atoms with van der Waals surface area (Å²) < 4.78 is 7.13. The summed E-state index contributed by atoms with van der Waals surface area (Å²) >= 11 is 0. The Morgan fingerprint density at radius 2 is 2.05 bits per heavy atom. The average Bonchev–Trinajstić information content (AvgIpc) is 3.07. The molecule has 0 aliphatic rings. The van der Waals surface area contributed by atoms with Gasteiger partial charge in [0.1, 0.15) is 5.69 Å². The van der Waals surface area contributed by atoms with E-state index in [0.717, 1.165) is 11.3 Å². The molecule has 2 heterocycles. The molecule has 0 atom stereocenters. The Morgan fingerprint density at radius 3 is 2.73 bits per heavy atom. The van der Waals surface area contributed by atoms with Crippen molar-refractivity contribution in [3.8, 4) is 11.6 Å². The topological polar surface area (TPSA) is 85.8 Å². The number of nitrogens with zero attached hydrogens (tertiary/aromatic N) is 4. The number of aromatic nitrogens is 4. The molecule has 1 amide bonds. The van der Waals surface area contributed by atoms with Gasteiger partial charge in [-0.3, -0.25) is 14.8 Å². The Hall–Kier alpha value is -2.96. The van der Waals surface area contributed by atoms with Crippen LogP contribution in [0.3, 0.4) is 0 Å². The van der Waals surface area contributed by atoms with E-state index in [1.807, 2.05) is 50.4 Å². The Kier molecular flexibility index (Phi) is 3.69. The first-order valence-electron chi connectivity index (χ1n) is 6.80. The highest BCUT2D eigenvalue weighted by Crippen LogP contribution is 2.19. The van der Waals surface area contributed by atoms with E-state index in [1.165, 1.54) is 0 Å². The molecule has 0 aliphatic carbocycles. The lowest BCUT2D eigenvalue weighted by molar-refractivity contribution is -0.115. The van der Waals surface area contributed by atoms with Crippen LogP contribution >= 0.6 is 0 Å². The average molecular weight is 297 g/mol. The quantitative estimate of drug-likeness (QED) is 0.795. The number of hydrogen-bond donors (Lipinski definition) is 1. The zero-order valence-electron chi connectivity index (χ0n) is 12.3. The van der Waals surface area contributed by atoms with Crippen LogP contribution in [0.1, 0.15) is 11.3 Å². The summed E-state index contributed by atoms with van der Waals surface area (Å²) in [4.78, 5) is 11.9. The van der Waals surface area contributed by atoms with Crippen molar-refractivity contribution in [3.05, 3.63) is 47.7 Å². The van der Waals surface area contributed by atoms with E-state index < -0.39 is 0 Å². The number of nitrogens with one attached hydrogen (secondary N) is 1. The molecular weight excluding hydrogens is 282 g/mol. The molecule has 0 radical (unpaired) electrons. The van der Waals surface area contributed by atoms with Crippen molar-refractivity contribution in [3.63, 3.8) is 0 Å². The fourth-order valence-electron chi connectivity index (χ4n) is 1.99. The first kappa shape index (κ1) is 14.0. The van der Waals surface area contributed by atoms with Crippen molar-refractivity contribution in [1.82, 2.24) is 20.0 Å². The zero-order chi connectivity index (χ0) is 15.5. The van der Waals surface area contributed by atoms with Crippen LogP contribution < -0.4 is 5.32 Å². The lowest BCUT2D eigenvalue weighted by atomic mass is 10.1.